The topological polar surface area (TPSA) is 64.1 Å². The van der Waals surface area contributed by atoms with Gasteiger partial charge in [-0.1, -0.05) is 19.9 Å². The molecule has 7 nitrogen and oxygen atoms in total. The zero-order chi connectivity index (χ0) is 21.3. The number of rotatable bonds is 6. The third kappa shape index (κ3) is 6.27. The molecule has 0 bridgehead atoms. The molecular formula is C22H36N6OS. The highest BCUT2D eigenvalue weighted by molar-refractivity contribution is 8.00. The Balaban J connectivity index is 1.47. The molecule has 1 N–H and O–H groups in total. The molecule has 2 aliphatic heterocycles. The van der Waals surface area contributed by atoms with Crippen molar-refractivity contribution in [3.05, 3.63) is 24.4 Å². The normalized spacial score (nSPS) is 20.6. The maximum atomic E-state index is 12.7. The summed E-state index contributed by atoms with van der Waals surface area (Å²) >= 11 is 2.06. The summed E-state index contributed by atoms with van der Waals surface area (Å²) in [4.78, 5) is 28.4. The number of nitrogens with one attached hydrogen (secondary N) is 1. The van der Waals surface area contributed by atoms with Crippen LogP contribution in [-0.4, -0.2) is 90.0 Å². The summed E-state index contributed by atoms with van der Waals surface area (Å²) in [6.07, 6.45) is 2.28. The van der Waals surface area contributed by atoms with E-state index in [2.05, 4.69) is 52.6 Å². The van der Waals surface area contributed by atoms with Crippen LogP contribution in [0.5, 0.6) is 0 Å². The first kappa shape index (κ1) is 22.7. The molecular weight excluding hydrogens is 396 g/mol. The number of anilines is 1. The Labute approximate surface area is 185 Å². The maximum absolute atomic E-state index is 12.7. The van der Waals surface area contributed by atoms with Crippen LogP contribution in [0.4, 0.5) is 5.82 Å². The molecule has 3 rings (SSSR count). The van der Waals surface area contributed by atoms with E-state index < -0.39 is 0 Å². The van der Waals surface area contributed by atoms with Gasteiger partial charge in [-0.3, -0.25) is 9.79 Å². The molecule has 0 spiro atoms. The molecule has 1 aromatic rings. The molecule has 166 valence electrons. The lowest BCUT2D eigenvalue weighted by atomic mass is 10.1. The number of hydrogen-bond acceptors (Lipinski definition) is 5. The molecule has 0 radical (unpaired) electrons. The first-order valence-electron chi connectivity index (χ1n) is 11.2. The van der Waals surface area contributed by atoms with Crippen molar-refractivity contribution in [1.29, 1.82) is 0 Å². The summed E-state index contributed by atoms with van der Waals surface area (Å²) < 4.78 is 0. The van der Waals surface area contributed by atoms with E-state index in [0.29, 0.717) is 24.1 Å². The van der Waals surface area contributed by atoms with Gasteiger partial charge in [-0.15, -0.1) is 0 Å². The van der Waals surface area contributed by atoms with Crippen molar-refractivity contribution in [1.82, 2.24) is 20.1 Å². The number of piperazine rings is 1. The number of pyridine rings is 1. The fourth-order valence-corrected chi connectivity index (χ4v) is 5.14. The number of carbonyl (C=O) groups excluding carboxylic acids is 1. The van der Waals surface area contributed by atoms with Gasteiger partial charge in [0.1, 0.15) is 5.82 Å². The molecule has 2 fully saturated rings. The number of aromatic nitrogens is 1. The Kier molecular flexibility index (Phi) is 8.66. The second kappa shape index (κ2) is 11.4. The first-order chi connectivity index (χ1) is 14.6. The van der Waals surface area contributed by atoms with Gasteiger partial charge in [-0.05, 0) is 25.0 Å². The van der Waals surface area contributed by atoms with Crippen LogP contribution in [0.25, 0.3) is 0 Å². The average Bonchev–Trinajstić information content (AvgIpc) is 2.79. The molecule has 0 aliphatic carbocycles. The van der Waals surface area contributed by atoms with Gasteiger partial charge in [0, 0.05) is 69.4 Å². The van der Waals surface area contributed by atoms with Crippen LogP contribution in [0.1, 0.15) is 27.2 Å². The lowest BCUT2D eigenvalue weighted by Gasteiger charge is -2.36. The van der Waals surface area contributed by atoms with Crippen LogP contribution in [0.3, 0.4) is 0 Å². The van der Waals surface area contributed by atoms with Crippen LogP contribution in [0.2, 0.25) is 0 Å². The minimum absolute atomic E-state index is 0.199. The van der Waals surface area contributed by atoms with Crippen molar-refractivity contribution < 1.29 is 4.79 Å². The predicted octanol–water partition coefficient (Wildman–Crippen LogP) is 2.16. The molecule has 1 aromatic heterocycles. The molecule has 0 saturated carbocycles. The molecule has 0 aromatic carbocycles. The Bertz CT molecular complexity index is 690. The van der Waals surface area contributed by atoms with Crippen LogP contribution < -0.4 is 10.2 Å². The predicted molar refractivity (Wildman–Crippen MR) is 126 cm³/mol. The Morgan fingerprint density at radius 3 is 2.70 bits per heavy atom. The minimum Gasteiger partial charge on any atom is -0.357 e. The summed E-state index contributed by atoms with van der Waals surface area (Å²) in [5, 5.41) is 4.06. The number of carbonyl (C=O) groups is 1. The Hall–Kier alpha value is -1.96. The van der Waals surface area contributed by atoms with Crippen molar-refractivity contribution in [2.24, 2.45) is 10.9 Å². The van der Waals surface area contributed by atoms with Crippen LogP contribution in [0.15, 0.2) is 29.4 Å². The number of nitrogens with zero attached hydrogens (tertiary/aromatic N) is 5. The minimum atomic E-state index is 0.199. The van der Waals surface area contributed by atoms with Crippen LogP contribution >= 0.6 is 11.8 Å². The van der Waals surface area contributed by atoms with E-state index in [-0.39, 0.29) is 5.91 Å². The fourth-order valence-electron chi connectivity index (χ4n) is 3.84. The van der Waals surface area contributed by atoms with Crippen molar-refractivity contribution in [3.63, 3.8) is 0 Å². The number of thioether (sulfide) groups is 1. The van der Waals surface area contributed by atoms with Gasteiger partial charge in [0.2, 0.25) is 5.91 Å². The molecule has 3 heterocycles. The third-order valence-electron chi connectivity index (χ3n) is 5.66. The summed E-state index contributed by atoms with van der Waals surface area (Å²) in [5.41, 5.74) is 0. The monoisotopic (exact) mass is 432 g/mol. The summed E-state index contributed by atoms with van der Waals surface area (Å²) in [7, 11) is 0. The van der Waals surface area contributed by atoms with Gasteiger partial charge in [-0.2, -0.15) is 11.8 Å². The highest BCUT2D eigenvalue weighted by Gasteiger charge is 2.25. The van der Waals surface area contributed by atoms with Crippen molar-refractivity contribution in [3.8, 4) is 0 Å². The third-order valence-corrected chi connectivity index (χ3v) is 7.20. The van der Waals surface area contributed by atoms with Gasteiger partial charge < -0.3 is 20.0 Å². The molecule has 2 aliphatic rings. The zero-order valence-corrected chi connectivity index (χ0v) is 19.4. The lowest BCUT2D eigenvalue weighted by Crippen LogP contribution is -2.49. The number of aliphatic imine (C=N–C) groups is 1. The van der Waals surface area contributed by atoms with Gasteiger partial charge in [0.05, 0.1) is 6.54 Å². The lowest BCUT2D eigenvalue weighted by molar-refractivity contribution is -0.131. The summed E-state index contributed by atoms with van der Waals surface area (Å²) in [6.45, 7) is 13.3. The molecule has 1 amide bonds. The smallest absolute Gasteiger partial charge is 0.224 e. The molecule has 1 atom stereocenters. The number of amides is 1. The molecule has 30 heavy (non-hydrogen) atoms. The van der Waals surface area contributed by atoms with Crippen LogP contribution in [0, 0.1) is 5.92 Å². The Morgan fingerprint density at radius 1 is 1.23 bits per heavy atom. The maximum Gasteiger partial charge on any atom is 0.224 e. The van der Waals surface area contributed by atoms with Crippen molar-refractivity contribution in [2.45, 2.75) is 32.4 Å². The fraction of sp³-hybridized carbons (Fsp3) is 0.682. The van der Waals surface area contributed by atoms with E-state index in [1.807, 2.05) is 29.3 Å². The van der Waals surface area contributed by atoms with E-state index in [0.717, 1.165) is 63.3 Å². The highest BCUT2D eigenvalue weighted by Crippen LogP contribution is 2.24. The van der Waals surface area contributed by atoms with E-state index in [1.165, 1.54) is 0 Å². The standard InChI is InChI=1S/C22H36N6OS/c1-4-23-22(28-15-16-30-19(17-28)18(2)3)25-10-8-21(29)27-13-11-26(12-14-27)20-7-5-6-9-24-20/h5-7,9,18-19H,4,8,10-17H2,1-3H3,(H,23,25). The van der Waals surface area contributed by atoms with E-state index >= 15 is 0 Å². The number of guanidine groups is 1. The van der Waals surface area contributed by atoms with Gasteiger partial charge >= 0.3 is 0 Å². The molecule has 8 heteroatoms. The van der Waals surface area contributed by atoms with E-state index in [1.54, 1.807) is 0 Å². The average molecular weight is 433 g/mol. The second-order valence-corrected chi connectivity index (χ2v) is 9.49. The Morgan fingerprint density at radius 2 is 2.03 bits per heavy atom. The quantitative estimate of drug-likeness (QED) is 0.549. The van der Waals surface area contributed by atoms with Crippen molar-refractivity contribution >= 4 is 29.4 Å². The van der Waals surface area contributed by atoms with Gasteiger partial charge in [0.15, 0.2) is 5.96 Å². The highest BCUT2D eigenvalue weighted by atomic mass is 32.2. The number of hydrogen-bond donors (Lipinski definition) is 1. The SMILES string of the molecule is CCNC(=NCCC(=O)N1CCN(c2ccccn2)CC1)N1CCSC(C(C)C)C1. The van der Waals surface area contributed by atoms with Gasteiger partial charge in [-0.25, -0.2) is 4.98 Å². The van der Waals surface area contributed by atoms with E-state index in [4.69, 9.17) is 4.99 Å². The first-order valence-corrected chi connectivity index (χ1v) is 12.2. The summed E-state index contributed by atoms with van der Waals surface area (Å²) in [5.74, 6) is 3.93. The second-order valence-electron chi connectivity index (χ2n) is 8.14. The van der Waals surface area contributed by atoms with Gasteiger partial charge in [0.25, 0.3) is 0 Å². The molecule has 1 unspecified atom stereocenters. The van der Waals surface area contributed by atoms with Crippen LogP contribution in [-0.2, 0) is 4.79 Å². The van der Waals surface area contributed by atoms with E-state index in [9.17, 15) is 4.79 Å². The summed E-state index contributed by atoms with van der Waals surface area (Å²) in [6, 6.07) is 5.96. The van der Waals surface area contributed by atoms with Crippen molar-refractivity contribution in [2.75, 3.05) is 63.0 Å². The largest absolute Gasteiger partial charge is 0.357 e. The molecule has 2 saturated heterocycles. The zero-order valence-electron chi connectivity index (χ0n) is 18.6.